The van der Waals surface area contributed by atoms with Gasteiger partial charge in [0.05, 0.1) is 11.1 Å². The number of nitrogens with zero attached hydrogens (tertiary/aromatic N) is 2. The lowest BCUT2D eigenvalue weighted by atomic mass is 9.81. The molecule has 0 saturated carbocycles. The van der Waals surface area contributed by atoms with E-state index in [1.54, 1.807) is 24.3 Å². The van der Waals surface area contributed by atoms with Gasteiger partial charge in [-0.1, -0.05) is 63.0 Å². The molecule has 4 amide bonds. The highest BCUT2D eigenvalue weighted by Crippen LogP contribution is 2.50. The fraction of sp³-hybridized carbons (Fsp3) is 0.294. The van der Waals surface area contributed by atoms with Crippen molar-refractivity contribution in [1.29, 1.82) is 0 Å². The molecule has 7 rings (SSSR count). The molecule has 0 aliphatic carbocycles. The molecule has 0 atom stereocenters. The van der Waals surface area contributed by atoms with Crippen LogP contribution in [0.15, 0.2) is 36.4 Å². The van der Waals surface area contributed by atoms with Crippen LogP contribution in [0.5, 0.6) is 0 Å². The summed E-state index contributed by atoms with van der Waals surface area (Å²) < 4.78 is 0. The fourth-order valence-corrected chi connectivity index (χ4v) is 7.99. The molecule has 0 unspecified atom stereocenters. The number of hydrogen-bond acceptors (Lipinski definition) is 4. The molecule has 0 N–H and O–H groups in total. The summed E-state index contributed by atoms with van der Waals surface area (Å²) in [4.78, 5) is 58.0. The molecule has 2 heterocycles. The highest BCUT2D eigenvalue weighted by molar-refractivity contribution is 6.51. The molecule has 42 heavy (non-hydrogen) atoms. The van der Waals surface area contributed by atoms with Gasteiger partial charge < -0.3 is 0 Å². The van der Waals surface area contributed by atoms with Gasteiger partial charge in [-0.3, -0.25) is 29.0 Å². The van der Waals surface area contributed by atoms with Gasteiger partial charge in [0.25, 0.3) is 23.6 Å². The van der Waals surface area contributed by atoms with Crippen molar-refractivity contribution >= 4 is 89.9 Å². The van der Waals surface area contributed by atoms with Crippen LogP contribution in [0.4, 0.5) is 0 Å². The third-order valence-corrected chi connectivity index (χ3v) is 10.0. The van der Waals surface area contributed by atoms with Crippen LogP contribution in [0.2, 0.25) is 10.0 Å². The first-order valence-electron chi connectivity index (χ1n) is 14.5. The summed E-state index contributed by atoms with van der Waals surface area (Å²) >= 11 is 14.0. The van der Waals surface area contributed by atoms with Crippen molar-refractivity contribution in [2.45, 2.75) is 65.5 Å². The Morgan fingerprint density at radius 1 is 0.500 bits per heavy atom. The second kappa shape index (κ2) is 9.38. The van der Waals surface area contributed by atoms with Gasteiger partial charge in [-0.05, 0) is 66.1 Å². The molecule has 0 aromatic heterocycles. The Kier molecular flexibility index (Phi) is 6.06. The van der Waals surface area contributed by atoms with Crippen molar-refractivity contribution in [3.8, 4) is 0 Å². The van der Waals surface area contributed by atoms with Crippen LogP contribution in [-0.2, 0) is 0 Å². The Morgan fingerprint density at radius 3 is 1.24 bits per heavy atom. The number of imide groups is 2. The van der Waals surface area contributed by atoms with Crippen LogP contribution < -0.4 is 0 Å². The number of carbonyl (C=O) groups is 4. The Balaban J connectivity index is 1.62. The van der Waals surface area contributed by atoms with E-state index in [1.165, 1.54) is 9.80 Å². The molecular formula is C34H28Cl2N2O4. The molecule has 0 radical (unpaired) electrons. The molecule has 212 valence electrons. The topological polar surface area (TPSA) is 74.8 Å². The number of amides is 4. The molecule has 2 aliphatic heterocycles. The highest BCUT2D eigenvalue weighted by Gasteiger charge is 2.40. The minimum absolute atomic E-state index is 0.198. The molecule has 0 spiro atoms. The monoisotopic (exact) mass is 598 g/mol. The Labute approximate surface area is 252 Å². The maximum absolute atomic E-state index is 13.9. The minimum Gasteiger partial charge on any atom is -0.271 e. The van der Waals surface area contributed by atoms with Crippen molar-refractivity contribution in [3.63, 3.8) is 0 Å². The van der Waals surface area contributed by atoms with E-state index in [0.717, 1.165) is 16.2 Å². The molecule has 8 heteroatoms. The maximum atomic E-state index is 13.9. The first-order valence-corrected chi connectivity index (χ1v) is 15.3. The normalized spacial score (nSPS) is 15.3. The van der Waals surface area contributed by atoms with Crippen LogP contribution in [0.1, 0.15) is 94.8 Å². The zero-order chi connectivity index (χ0) is 29.8. The van der Waals surface area contributed by atoms with E-state index in [-0.39, 0.29) is 35.7 Å². The SMILES string of the molecule is CCC(CC)N1C(=O)c2ccc3c4c(Cl)cc5c6c(cc(Cl)c(c7ccc(c2c37)C1=O)c64)C(=O)N(C(CC)CC)C5=O. The van der Waals surface area contributed by atoms with E-state index < -0.39 is 0 Å². The van der Waals surface area contributed by atoms with Crippen LogP contribution in [0.25, 0.3) is 43.1 Å². The average Bonchev–Trinajstić information content (AvgIpc) is 2.98. The second-order valence-corrected chi connectivity index (χ2v) is 12.1. The summed E-state index contributed by atoms with van der Waals surface area (Å²) in [7, 11) is 0. The first kappa shape index (κ1) is 27.1. The van der Waals surface area contributed by atoms with Crippen molar-refractivity contribution in [2.75, 3.05) is 0 Å². The molecular weight excluding hydrogens is 571 g/mol. The highest BCUT2D eigenvalue weighted by atomic mass is 35.5. The van der Waals surface area contributed by atoms with Gasteiger partial charge in [-0.2, -0.15) is 0 Å². The standard InChI is InChI=1S/C34H28Cl2N2O4/c1-5-15(6-2)37-31(39)19-11-9-17-25-18(10-12-20(26(19)25)32(37)40)29-24(36)14-22-27-21(13-23(35)28(17)30(27)29)33(41)38(34(22)42)16(7-3)8-4/h9-16H,5-8H2,1-4H3. The summed E-state index contributed by atoms with van der Waals surface area (Å²) in [6.07, 6.45) is 2.60. The molecule has 5 aromatic rings. The van der Waals surface area contributed by atoms with Crippen molar-refractivity contribution < 1.29 is 19.2 Å². The predicted molar refractivity (Wildman–Crippen MR) is 167 cm³/mol. The lowest BCUT2D eigenvalue weighted by molar-refractivity contribution is 0.0514. The van der Waals surface area contributed by atoms with Crippen LogP contribution in [-0.4, -0.2) is 45.5 Å². The largest absolute Gasteiger partial charge is 0.271 e. The summed E-state index contributed by atoms with van der Waals surface area (Å²) in [6.45, 7) is 7.86. The number of hydrogen-bond donors (Lipinski definition) is 0. The van der Waals surface area contributed by atoms with E-state index in [2.05, 4.69) is 0 Å². The van der Waals surface area contributed by atoms with Crippen molar-refractivity contribution in [3.05, 3.63) is 68.7 Å². The zero-order valence-electron chi connectivity index (χ0n) is 23.7. The first-order chi connectivity index (χ1) is 20.2. The summed E-state index contributed by atoms with van der Waals surface area (Å²) in [5.41, 5.74) is 1.67. The van der Waals surface area contributed by atoms with Gasteiger partial charge in [0, 0.05) is 60.2 Å². The molecule has 0 saturated heterocycles. The quantitative estimate of drug-likeness (QED) is 0.111. The van der Waals surface area contributed by atoms with Crippen molar-refractivity contribution in [2.24, 2.45) is 0 Å². The van der Waals surface area contributed by atoms with Gasteiger partial charge >= 0.3 is 0 Å². The number of rotatable bonds is 6. The average molecular weight is 600 g/mol. The molecule has 0 fully saturated rings. The molecule has 0 bridgehead atoms. The third kappa shape index (κ3) is 3.22. The minimum atomic E-state index is -0.364. The predicted octanol–water partition coefficient (Wildman–Crippen LogP) is 8.61. The lowest BCUT2D eigenvalue weighted by Gasteiger charge is -2.35. The Morgan fingerprint density at radius 2 is 0.857 bits per heavy atom. The van der Waals surface area contributed by atoms with Crippen LogP contribution >= 0.6 is 23.2 Å². The van der Waals surface area contributed by atoms with Gasteiger partial charge in [0.2, 0.25) is 0 Å². The number of halogens is 2. The van der Waals surface area contributed by atoms with Crippen molar-refractivity contribution in [1.82, 2.24) is 9.80 Å². The lowest BCUT2D eigenvalue weighted by Crippen LogP contribution is -2.46. The van der Waals surface area contributed by atoms with Crippen LogP contribution in [0, 0.1) is 0 Å². The maximum Gasteiger partial charge on any atom is 0.261 e. The second-order valence-electron chi connectivity index (χ2n) is 11.3. The number of fused-ring (bicyclic) bond motifs is 2. The van der Waals surface area contributed by atoms with Crippen LogP contribution in [0.3, 0.4) is 0 Å². The third-order valence-electron chi connectivity index (χ3n) is 9.42. The summed E-state index contributed by atoms with van der Waals surface area (Å²) in [5.74, 6) is -1.35. The summed E-state index contributed by atoms with van der Waals surface area (Å²) in [6, 6.07) is 10.1. The Hall–Kier alpha value is -3.74. The van der Waals surface area contributed by atoms with E-state index in [1.807, 2.05) is 39.8 Å². The smallest absolute Gasteiger partial charge is 0.261 e. The molecule has 6 nitrogen and oxygen atoms in total. The van der Waals surface area contributed by atoms with E-state index in [4.69, 9.17) is 23.2 Å². The van der Waals surface area contributed by atoms with Gasteiger partial charge in [0.15, 0.2) is 0 Å². The summed E-state index contributed by atoms with van der Waals surface area (Å²) in [5, 5.41) is 5.95. The van der Waals surface area contributed by atoms with Gasteiger partial charge in [-0.25, -0.2) is 0 Å². The van der Waals surface area contributed by atoms with Gasteiger partial charge in [0.1, 0.15) is 0 Å². The van der Waals surface area contributed by atoms with E-state index >= 15 is 0 Å². The fourth-order valence-electron chi connectivity index (χ4n) is 7.38. The van der Waals surface area contributed by atoms with E-state index in [9.17, 15) is 19.2 Å². The van der Waals surface area contributed by atoms with E-state index in [0.29, 0.717) is 84.9 Å². The molecule has 5 aromatic carbocycles. The molecule has 2 aliphatic rings. The number of benzene rings is 5. The Bertz CT molecular complexity index is 1930. The van der Waals surface area contributed by atoms with Gasteiger partial charge in [-0.15, -0.1) is 0 Å². The number of carbonyl (C=O) groups excluding carboxylic acids is 4. The zero-order valence-corrected chi connectivity index (χ0v) is 25.2.